The minimum atomic E-state index is 0.310. The summed E-state index contributed by atoms with van der Waals surface area (Å²) in [6.45, 7) is 0.310. The second-order valence-corrected chi connectivity index (χ2v) is 3.37. The predicted molar refractivity (Wildman–Crippen MR) is 62.9 cm³/mol. The van der Waals surface area contributed by atoms with E-state index in [9.17, 15) is 0 Å². The molecule has 17 heavy (non-hydrogen) atoms. The maximum absolute atomic E-state index is 5.51. The van der Waals surface area contributed by atoms with Crippen LogP contribution in [0.1, 0.15) is 5.76 Å². The van der Waals surface area contributed by atoms with Gasteiger partial charge in [-0.05, 0) is 12.1 Å². The number of aromatic nitrogens is 1. The molecule has 1 aromatic carbocycles. The van der Waals surface area contributed by atoms with Crippen LogP contribution in [0.2, 0.25) is 0 Å². The van der Waals surface area contributed by atoms with E-state index in [2.05, 4.69) is 4.98 Å². The smallest absolute Gasteiger partial charge is 0.233 e. The van der Waals surface area contributed by atoms with Crippen LogP contribution in [0.4, 0.5) is 0 Å². The molecule has 0 saturated carbocycles. The quantitative estimate of drug-likeness (QED) is 0.873. The van der Waals surface area contributed by atoms with Gasteiger partial charge in [0.05, 0.1) is 27.0 Å². The molecule has 1 aromatic heterocycles. The summed E-state index contributed by atoms with van der Waals surface area (Å²) in [4.78, 5) is 4.17. The van der Waals surface area contributed by atoms with Crippen molar-refractivity contribution in [3.05, 3.63) is 30.2 Å². The van der Waals surface area contributed by atoms with E-state index in [1.54, 1.807) is 20.4 Å². The lowest BCUT2D eigenvalue weighted by Gasteiger charge is -2.09. The van der Waals surface area contributed by atoms with Gasteiger partial charge in [0.1, 0.15) is 22.8 Å². The summed E-state index contributed by atoms with van der Waals surface area (Å²) in [5, 5.41) is 0. The lowest BCUT2D eigenvalue weighted by molar-refractivity contribution is 0.393. The monoisotopic (exact) mass is 234 g/mol. The number of nitrogens with two attached hydrogens (primary N) is 1. The van der Waals surface area contributed by atoms with Crippen LogP contribution >= 0.6 is 0 Å². The molecule has 0 saturated heterocycles. The van der Waals surface area contributed by atoms with Crippen molar-refractivity contribution in [2.24, 2.45) is 5.73 Å². The second kappa shape index (κ2) is 4.88. The zero-order chi connectivity index (χ0) is 12.3. The van der Waals surface area contributed by atoms with Gasteiger partial charge in [0, 0.05) is 0 Å². The molecule has 0 amide bonds. The van der Waals surface area contributed by atoms with Crippen LogP contribution in [0.3, 0.4) is 0 Å². The maximum Gasteiger partial charge on any atom is 0.233 e. The zero-order valence-electron chi connectivity index (χ0n) is 9.77. The fourth-order valence-electron chi connectivity index (χ4n) is 1.58. The summed E-state index contributed by atoms with van der Waals surface area (Å²) < 4.78 is 16.1. The van der Waals surface area contributed by atoms with Crippen molar-refractivity contribution in [3.8, 4) is 23.0 Å². The summed E-state index contributed by atoms with van der Waals surface area (Å²) in [6.07, 6.45) is 1.60. The Morgan fingerprint density at radius 3 is 2.35 bits per heavy atom. The van der Waals surface area contributed by atoms with E-state index in [0.717, 1.165) is 0 Å². The molecule has 5 heteroatoms. The minimum absolute atomic E-state index is 0.310. The topological polar surface area (TPSA) is 70.5 Å². The van der Waals surface area contributed by atoms with Gasteiger partial charge in [-0.2, -0.15) is 0 Å². The predicted octanol–water partition coefficient (Wildman–Crippen LogP) is 1.82. The first-order chi connectivity index (χ1) is 8.30. The van der Waals surface area contributed by atoms with Crippen LogP contribution in [0.25, 0.3) is 11.5 Å². The van der Waals surface area contributed by atoms with Gasteiger partial charge in [0.25, 0.3) is 0 Å². The van der Waals surface area contributed by atoms with Gasteiger partial charge in [0.2, 0.25) is 5.89 Å². The Labute approximate surface area is 99.2 Å². The van der Waals surface area contributed by atoms with Crippen molar-refractivity contribution in [2.75, 3.05) is 14.2 Å². The Bertz CT molecular complexity index is 486. The number of methoxy groups -OCH3 is 2. The molecule has 0 bridgehead atoms. The average Bonchev–Trinajstić information content (AvgIpc) is 2.86. The molecular weight excluding hydrogens is 220 g/mol. The molecular formula is C12H14N2O3. The van der Waals surface area contributed by atoms with Crippen LogP contribution in [0.15, 0.2) is 28.8 Å². The molecule has 0 aliphatic carbocycles. The summed E-state index contributed by atoms with van der Waals surface area (Å²) in [5.41, 5.74) is 6.18. The fraction of sp³-hybridized carbons (Fsp3) is 0.250. The molecule has 0 aliphatic heterocycles. The normalized spacial score (nSPS) is 10.3. The standard InChI is InChI=1S/C12H14N2O3/c1-15-9-4-3-5-10(16-2)11(9)12-14-7-8(6-13)17-12/h3-5,7H,6,13H2,1-2H3. The third-order valence-corrected chi connectivity index (χ3v) is 2.40. The number of oxazole rings is 1. The summed E-state index contributed by atoms with van der Waals surface area (Å²) in [7, 11) is 3.18. The summed E-state index contributed by atoms with van der Waals surface area (Å²) in [6, 6.07) is 5.49. The minimum Gasteiger partial charge on any atom is -0.496 e. The number of hydrogen-bond donors (Lipinski definition) is 1. The largest absolute Gasteiger partial charge is 0.496 e. The molecule has 0 radical (unpaired) electrons. The van der Waals surface area contributed by atoms with E-state index < -0.39 is 0 Å². The Kier molecular flexibility index (Phi) is 3.30. The van der Waals surface area contributed by atoms with Gasteiger partial charge in [-0.25, -0.2) is 4.98 Å². The molecule has 5 nitrogen and oxygen atoms in total. The van der Waals surface area contributed by atoms with Crippen LogP contribution in [-0.4, -0.2) is 19.2 Å². The van der Waals surface area contributed by atoms with Gasteiger partial charge in [-0.3, -0.25) is 0 Å². The van der Waals surface area contributed by atoms with Gasteiger partial charge in [0.15, 0.2) is 0 Å². The van der Waals surface area contributed by atoms with Crippen molar-refractivity contribution in [3.63, 3.8) is 0 Å². The molecule has 1 heterocycles. The molecule has 2 aromatic rings. The second-order valence-electron chi connectivity index (χ2n) is 3.37. The van der Waals surface area contributed by atoms with Gasteiger partial charge >= 0.3 is 0 Å². The van der Waals surface area contributed by atoms with Crippen molar-refractivity contribution < 1.29 is 13.9 Å². The Balaban J connectivity index is 2.55. The molecule has 0 spiro atoms. The lowest BCUT2D eigenvalue weighted by atomic mass is 10.1. The Morgan fingerprint density at radius 2 is 1.88 bits per heavy atom. The third-order valence-electron chi connectivity index (χ3n) is 2.40. The summed E-state index contributed by atoms with van der Waals surface area (Å²) in [5.74, 6) is 2.36. The average molecular weight is 234 g/mol. The number of ether oxygens (including phenoxy) is 2. The van der Waals surface area contributed by atoms with Crippen molar-refractivity contribution in [2.45, 2.75) is 6.54 Å². The van der Waals surface area contributed by atoms with Crippen molar-refractivity contribution in [1.29, 1.82) is 0 Å². The van der Waals surface area contributed by atoms with Gasteiger partial charge in [-0.1, -0.05) is 6.07 Å². The zero-order valence-corrected chi connectivity index (χ0v) is 9.77. The number of rotatable bonds is 4. The highest BCUT2D eigenvalue weighted by Gasteiger charge is 2.17. The molecule has 90 valence electrons. The highest BCUT2D eigenvalue weighted by molar-refractivity contribution is 5.70. The first-order valence-corrected chi connectivity index (χ1v) is 5.16. The van der Waals surface area contributed by atoms with E-state index in [-0.39, 0.29) is 0 Å². The van der Waals surface area contributed by atoms with E-state index in [1.807, 2.05) is 18.2 Å². The molecule has 2 rings (SSSR count). The number of nitrogens with zero attached hydrogens (tertiary/aromatic N) is 1. The van der Waals surface area contributed by atoms with Crippen molar-refractivity contribution in [1.82, 2.24) is 4.98 Å². The van der Waals surface area contributed by atoms with Crippen LogP contribution in [-0.2, 0) is 6.54 Å². The SMILES string of the molecule is COc1cccc(OC)c1-c1ncc(CN)o1. The summed E-state index contributed by atoms with van der Waals surface area (Å²) >= 11 is 0. The number of hydrogen-bond acceptors (Lipinski definition) is 5. The molecule has 2 N–H and O–H groups in total. The van der Waals surface area contributed by atoms with E-state index in [0.29, 0.717) is 35.3 Å². The third kappa shape index (κ3) is 2.09. The molecule has 0 unspecified atom stereocenters. The highest BCUT2D eigenvalue weighted by atomic mass is 16.5. The van der Waals surface area contributed by atoms with E-state index in [1.165, 1.54) is 0 Å². The van der Waals surface area contributed by atoms with Crippen LogP contribution < -0.4 is 15.2 Å². The Hall–Kier alpha value is -2.01. The Morgan fingerprint density at radius 1 is 1.24 bits per heavy atom. The van der Waals surface area contributed by atoms with E-state index >= 15 is 0 Å². The highest BCUT2D eigenvalue weighted by Crippen LogP contribution is 2.37. The lowest BCUT2D eigenvalue weighted by Crippen LogP contribution is -1.93. The maximum atomic E-state index is 5.51. The fourth-order valence-corrected chi connectivity index (χ4v) is 1.58. The van der Waals surface area contributed by atoms with Gasteiger partial charge < -0.3 is 19.6 Å². The van der Waals surface area contributed by atoms with Crippen molar-refractivity contribution >= 4 is 0 Å². The molecule has 0 atom stereocenters. The molecule has 0 fully saturated rings. The van der Waals surface area contributed by atoms with Crippen LogP contribution in [0, 0.1) is 0 Å². The number of benzene rings is 1. The van der Waals surface area contributed by atoms with E-state index in [4.69, 9.17) is 19.6 Å². The molecule has 0 aliphatic rings. The first kappa shape index (κ1) is 11.5. The first-order valence-electron chi connectivity index (χ1n) is 5.16. The van der Waals surface area contributed by atoms with Gasteiger partial charge in [-0.15, -0.1) is 0 Å². The van der Waals surface area contributed by atoms with Crippen LogP contribution in [0.5, 0.6) is 11.5 Å².